The lowest BCUT2D eigenvalue weighted by atomic mass is 10.2. The van der Waals surface area contributed by atoms with Crippen LogP contribution in [0.4, 0.5) is 15.8 Å². The fourth-order valence-corrected chi connectivity index (χ4v) is 4.37. The van der Waals surface area contributed by atoms with Gasteiger partial charge in [0.25, 0.3) is 0 Å². The van der Waals surface area contributed by atoms with E-state index in [1.807, 2.05) is 23.5 Å². The summed E-state index contributed by atoms with van der Waals surface area (Å²) in [6.45, 7) is 0.766. The predicted molar refractivity (Wildman–Crippen MR) is 79.4 cm³/mol. The van der Waals surface area contributed by atoms with Gasteiger partial charge in [-0.1, -0.05) is 0 Å². The van der Waals surface area contributed by atoms with Crippen LogP contribution in [-0.4, -0.2) is 36.2 Å². The fraction of sp³-hybridized carbons (Fsp3) is 0.500. The molecule has 1 aromatic carbocycles. The standard InChI is InChI=1S/C12H17FN2OS2/c1-16-12-5-11(9(13)4-10(12)14)15-6-8-7-17-2-3-18-8/h4-5,8,15H,2-3,6-7,14H2,1H3. The van der Waals surface area contributed by atoms with Crippen LogP contribution in [0.3, 0.4) is 0 Å². The summed E-state index contributed by atoms with van der Waals surface area (Å²) >= 11 is 3.89. The van der Waals surface area contributed by atoms with Crippen LogP contribution in [-0.2, 0) is 0 Å². The van der Waals surface area contributed by atoms with Crippen LogP contribution in [0.5, 0.6) is 5.75 Å². The first kappa shape index (κ1) is 13.7. The zero-order valence-electron chi connectivity index (χ0n) is 10.2. The van der Waals surface area contributed by atoms with E-state index >= 15 is 0 Å². The monoisotopic (exact) mass is 288 g/mol. The Morgan fingerprint density at radius 1 is 1.50 bits per heavy atom. The number of hydrogen-bond donors (Lipinski definition) is 2. The smallest absolute Gasteiger partial charge is 0.148 e. The molecule has 0 aliphatic carbocycles. The molecule has 0 bridgehead atoms. The van der Waals surface area contributed by atoms with E-state index in [0.29, 0.717) is 22.4 Å². The summed E-state index contributed by atoms with van der Waals surface area (Å²) in [4.78, 5) is 0. The topological polar surface area (TPSA) is 47.3 Å². The minimum absolute atomic E-state index is 0.322. The first-order valence-electron chi connectivity index (χ1n) is 5.77. The van der Waals surface area contributed by atoms with E-state index in [0.717, 1.165) is 12.3 Å². The van der Waals surface area contributed by atoms with Gasteiger partial charge in [0.1, 0.15) is 11.6 Å². The molecule has 1 aromatic rings. The number of methoxy groups -OCH3 is 1. The zero-order chi connectivity index (χ0) is 13.0. The van der Waals surface area contributed by atoms with Gasteiger partial charge in [0.2, 0.25) is 0 Å². The highest BCUT2D eigenvalue weighted by atomic mass is 32.2. The van der Waals surface area contributed by atoms with E-state index in [1.54, 1.807) is 6.07 Å². The maximum Gasteiger partial charge on any atom is 0.148 e. The number of anilines is 2. The van der Waals surface area contributed by atoms with Crippen LogP contribution in [0.15, 0.2) is 12.1 Å². The summed E-state index contributed by atoms with van der Waals surface area (Å²) in [6.07, 6.45) is 0. The highest BCUT2D eigenvalue weighted by Gasteiger charge is 2.15. The Hall–Kier alpha value is -0.750. The molecule has 100 valence electrons. The van der Waals surface area contributed by atoms with E-state index in [2.05, 4.69) is 5.32 Å². The summed E-state index contributed by atoms with van der Waals surface area (Å²) in [7, 11) is 1.53. The molecule has 1 atom stereocenters. The van der Waals surface area contributed by atoms with E-state index in [-0.39, 0.29) is 5.82 Å². The van der Waals surface area contributed by atoms with Gasteiger partial charge in [0.05, 0.1) is 18.5 Å². The van der Waals surface area contributed by atoms with Gasteiger partial charge < -0.3 is 15.8 Å². The van der Waals surface area contributed by atoms with E-state index in [9.17, 15) is 4.39 Å². The van der Waals surface area contributed by atoms with Gasteiger partial charge in [-0.2, -0.15) is 23.5 Å². The molecule has 3 nitrogen and oxygen atoms in total. The normalized spacial score (nSPS) is 19.6. The van der Waals surface area contributed by atoms with Gasteiger partial charge in [-0.15, -0.1) is 0 Å². The Labute approximate surface area is 115 Å². The Balaban J connectivity index is 1.99. The average molecular weight is 288 g/mol. The third kappa shape index (κ3) is 3.38. The molecule has 1 fully saturated rings. The molecule has 1 aliphatic heterocycles. The summed E-state index contributed by atoms with van der Waals surface area (Å²) in [5, 5.41) is 3.67. The molecule has 3 N–H and O–H groups in total. The second-order valence-corrected chi connectivity index (χ2v) is 6.58. The maximum absolute atomic E-state index is 13.7. The second kappa shape index (κ2) is 6.43. The Morgan fingerprint density at radius 3 is 3.00 bits per heavy atom. The van der Waals surface area contributed by atoms with Crippen LogP contribution in [0.1, 0.15) is 0 Å². The quantitative estimate of drug-likeness (QED) is 0.834. The number of halogens is 1. The third-order valence-corrected chi connectivity index (χ3v) is 5.57. The highest BCUT2D eigenvalue weighted by Crippen LogP contribution is 2.29. The molecule has 0 saturated carbocycles. The van der Waals surface area contributed by atoms with Gasteiger partial charge >= 0.3 is 0 Å². The molecular weight excluding hydrogens is 271 g/mol. The molecule has 0 aromatic heterocycles. The number of nitrogens with one attached hydrogen (secondary N) is 1. The van der Waals surface area contributed by atoms with Crippen LogP contribution in [0, 0.1) is 5.82 Å². The predicted octanol–water partition coefficient (Wildman–Crippen LogP) is 2.68. The van der Waals surface area contributed by atoms with Gasteiger partial charge in [0.15, 0.2) is 0 Å². The molecule has 6 heteroatoms. The van der Waals surface area contributed by atoms with Crippen molar-refractivity contribution in [3.05, 3.63) is 17.9 Å². The molecule has 1 saturated heterocycles. The Kier molecular flexibility index (Phi) is 4.88. The van der Waals surface area contributed by atoms with Gasteiger partial charge in [-0.25, -0.2) is 4.39 Å². The third-order valence-electron chi connectivity index (χ3n) is 2.72. The molecule has 2 rings (SSSR count). The number of nitrogen functional groups attached to an aromatic ring is 1. The molecule has 1 heterocycles. The number of hydrogen-bond acceptors (Lipinski definition) is 5. The molecular formula is C12H17FN2OS2. The zero-order valence-corrected chi connectivity index (χ0v) is 11.9. The minimum atomic E-state index is -0.332. The number of rotatable bonds is 4. The number of thioether (sulfide) groups is 2. The van der Waals surface area contributed by atoms with Crippen molar-refractivity contribution in [2.24, 2.45) is 0 Å². The first-order valence-corrected chi connectivity index (χ1v) is 7.97. The average Bonchev–Trinajstić information content (AvgIpc) is 2.39. The van der Waals surface area contributed by atoms with Crippen molar-refractivity contribution in [3.63, 3.8) is 0 Å². The minimum Gasteiger partial charge on any atom is -0.495 e. The largest absolute Gasteiger partial charge is 0.495 e. The molecule has 18 heavy (non-hydrogen) atoms. The van der Waals surface area contributed by atoms with Crippen molar-refractivity contribution < 1.29 is 9.13 Å². The van der Waals surface area contributed by atoms with Gasteiger partial charge in [0, 0.05) is 41.2 Å². The number of ether oxygens (including phenoxy) is 1. The van der Waals surface area contributed by atoms with Crippen LogP contribution in [0.25, 0.3) is 0 Å². The van der Waals surface area contributed by atoms with E-state index in [1.165, 1.54) is 24.7 Å². The van der Waals surface area contributed by atoms with E-state index < -0.39 is 0 Å². The molecule has 0 radical (unpaired) electrons. The fourth-order valence-electron chi connectivity index (χ4n) is 1.76. The highest BCUT2D eigenvalue weighted by molar-refractivity contribution is 8.06. The lowest BCUT2D eigenvalue weighted by Crippen LogP contribution is -2.23. The number of benzene rings is 1. The van der Waals surface area contributed by atoms with Crippen molar-refractivity contribution in [2.75, 3.05) is 42.0 Å². The molecule has 1 aliphatic rings. The van der Waals surface area contributed by atoms with Crippen molar-refractivity contribution in [1.82, 2.24) is 0 Å². The van der Waals surface area contributed by atoms with Gasteiger partial charge in [-0.3, -0.25) is 0 Å². The first-order chi connectivity index (χ1) is 8.70. The summed E-state index contributed by atoms with van der Waals surface area (Å²) in [5.41, 5.74) is 6.42. The summed E-state index contributed by atoms with van der Waals surface area (Å²) in [5.74, 6) is 3.67. The van der Waals surface area contributed by atoms with Crippen LogP contribution >= 0.6 is 23.5 Å². The second-order valence-electron chi connectivity index (χ2n) is 4.02. The molecule has 0 spiro atoms. The SMILES string of the molecule is COc1cc(NCC2CSCCS2)c(F)cc1N. The van der Waals surface area contributed by atoms with Gasteiger partial charge in [-0.05, 0) is 0 Å². The lowest BCUT2D eigenvalue weighted by Gasteiger charge is -2.22. The Morgan fingerprint density at radius 2 is 2.33 bits per heavy atom. The van der Waals surface area contributed by atoms with Crippen molar-refractivity contribution in [3.8, 4) is 5.75 Å². The Bertz CT molecular complexity index is 411. The maximum atomic E-state index is 13.7. The van der Waals surface area contributed by atoms with Crippen molar-refractivity contribution >= 4 is 34.9 Å². The van der Waals surface area contributed by atoms with Crippen LogP contribution in [0.2, 0.25) is 0 Å². The van der Waals surface area contributed by atoms with Crippen molar-refractivity contribution in [1.29, 1.82) is 0 Å². The van der Waals surface area contributed by atoms with E-state index in [4.69, 9.17) is 10.5 Å². The summed E-state index contributed by atoms with van der Waals surface area (Å²) in [6, 6.07) is 2.91. The summed E-state index contributed by atoms with van der Waals surface area (Å²) < 4.78 is 18.8. The molecule has 0 amide bonds. The van der Waals surface area contributed by atoms with Crippen molar-refractivity contribution in [2.45, 2.75) is 5.25 Å². The van der Waals surface area contributed by atoms with Crippen LogP contribution < -0.4 is 15.8 Å². The lowest BCUT2D eigenvalue weighted by molar-refractivity contribution is 0.416. The number of nitrogens with two attached hydrogens (primary N) is 1. The molecule has 1 unspecified atom stereocenters.